The van der Waals surface area contributed by atoms with Crippen LogP contribution in [0.25, 0.3) is 0 Å². The molecule has 0 bridgehead atoms. The fraction of sp³-hybridized carbons (Fsp3) is 0.235. The Bertz CT molecular complexity index is 745. The van der Waals surface area contributed by atoms with Crippen molar-refractivity contribution in [3.63, 3.8) is 0 Å². The number of para-hydroxylation sites is 1. The zero-order chi connectivity index (χ0) is 18.2. The summed E-state index contributed by atoms with van der Waals surface area (Å²) in [5.74, 6) is 0.0833. The summed E-state index contributed by atoms with van der Waals surface area (Å²) in [5, 5.41) is 4.30. The van der Waals surface area contributed by atoms with Crippen molar-refractivity contribution in [2.45, 2.75) is 13.8 Å². The number of hydrogen-bond donors (Lipinski definition) is 3. The van der Waals surface area contributed by atoms with Gasteiger partial charge in [0, 0.05) is 0 Å². The molecule has 1 aromatic carbocycles. The van der Waals surface area contributed by atoms with E-state index < -0.39 is 5.91 Å². The Morgan fingerprint density at radius 2 is 1.88 bits per heavy atom. The maximum atomic E-state index is 12.4. The number of hydrogen-bond acceptors (Lipinski definition) is 5. The van der Waals surface area contributed by atoms with Crippen molar-refractivity contribution < 1.29 is 14.3 Å². The van der Waals surface area contributed by atoms with Crippen molar-refractivity contribution in [2.75, 3.05) is 6.61 Å². The molecule has 0 radical (unpaired) electrons. The lowest BCUT2D eigenvalue weighted by Gasteiger charge is -2.14. The normalized spacial score (nSPS) is 10.2. The molecule has 0 aliphatic heterocycles. The van der Waals surface area contributed by atoms with Crippen molar-refractivity contribution >= 4 is 40.5 Å². The van der Waals surface area contributed by atoms with Gasteiger partial charge >= 0.3 is 0 Å². The van der Waals surface area contributed by atoms with Crippen LogP contribution in [0.3, 0.4) is 0 Å². The third-order valence-corrected chi connectivity index (χ3v) is 4.04. The van der Waals surface area contributed by atoms with Crippen LogP contribution in [0.2, 0.25) is 0 Å². The second-order valence-corrected chi connectivity index (χ2v) is 6.90. The molecule has 0 fully saturated rings. The molecule has 2 rings (SSSR count). The van der Waals surface area contributed by atoms with Gasteiger partial charge in [0.15, 0.2) is 5.11 Å². The number of ether oxygens (including phenoxy) is 1. The summed E-state index contributed by atoms with van der Waals surface area (Å²) >= 11 is 6.34. The van der Waals surface area contributed by atoms with Gasteiger partial charge in [-0.25, -0.2) is 0 Å². The summed E-state index contributed by atoms with van der Waals surface area (Å²) in [6.45, 7) is 4.56. The molecule has 1 aromatic heterocycles. The van der Waals surface area contributed by atoms with E-state index in [1.54, 1.807) is 41.8 Å². The molecule has 0 spiro atoms. The summed E-state index contributed by atoms with van der Waals surface area (Å²) in [5.41, 5.74) is 5.31. The van der Waals surface area contributed by atoms with Gasteiger partial charge in [-0.3, -0.25) is 25.8 Å². The summed E-state index contributed by atoms with van der Waals surface area (Å²) in [6.07, 6.45) is 0. The zero-order valence-electron chi connectivity index (χ0n) is 13.9. The fourth-order valence-electron chi connectivity index (χ4n) is 1.82. The van der Waals surface area contributed by atoms with Crippen molar-refractivity contribution in [1.82, 2.24) is 16.2 Å². The third-order valence-electron chi connectivity index (χ3n) is 2.97. The van der Waals surface area contributed by atoms with Crippen molar-refractivity contribution in [3.8, 4) is 5.75 Å². The van der Waals surface area contributed by atoms with Gasteiger partial charge in [0.2, 0.25) is 0 Å². The van der Waals surface area contributed by atoms with E-state index in [4.69, 9.17) is 17.0 Å². The van der Waals surface area contributed by atoms with Crippen molar-refractivity contribution in [2.24, 2.45) is 5.92 Å². The molecule has 132 valence electrons. The molecule has 0 aliphatic carbocycles. The van der Waals surface area contributed by atoms with Gasteiger partial charge in [-0.2, -0.15) is 0 Å². The Morgan fingerprint density at radius 1 is 1.12 bits per heavy atom. The molecule has 0 atom stereocenters. The second kappa shape index (κ2) is 9.14. The topological polar surface area (TPSA) is 79.5 Å². The van der Waals surface area contributed by atoms with Crippen molar-refractivity contribution in [3.05, 3.63) is 52.2 Å². The molecule has 0 saturated heterocycles. The third kappa shape index (κ3) is 5.84. The first-order valence-electron chi connectivity index (χ1n) is 7.64. The average molecular weight is 377 g/mol. The molecule has 1 heterocycles. The quantitative estimate of drug-likeness (QED) is 0.552. The van der Waals surface area contributed by atoms with Gasteiger partial charge in [0.25, 0.3) is 11.8 Å². The molecule has 0 aliphatic rings. The largest absolute Gasteiger partial charge is 0.492 e. The molecule has 8 heteroatoms. The SMILES string of the molecule is CC(C)COc1ccccc1C(=O)NC(=S)NNC(=O)c1cccs1. The molecule has 3 N–H and O–H groups in total. The summed E-state index contributed by atoms with van der Waals surface area (Å²) < 4.78 is 5.66. The number of nitrogens with one attached hydrogen (secondary N) is 3. The minimum Gasteiger partial charge on any atom is -0.492 e. The Balaban J connectivity index is 1.90. The summed E-state index contributed by atoms with van der Waals surface area (Å²) in [4.78, 5) is 24.7. The molecular weight excluding hydrogens is 358 g/mol. The van der Waals surface area contributed by atoms with Crippen LogP contribution < -0.4 is 20.9 Å². The molecule has 25 heavy (non-hydrogen) atoms. The minimum atomic E-state index is -0.415. The first kappa shape index (κ1) is 18.9. The zero-order valence-corrected chi connectivity index (χ0v) is 15.5. The maximum absolute atomic E-state index is 12.4. The average Bonchev–Trinajstić information content (AvgIpc) is 3.12. The highest BCUT2D eigenvalue weighted by Gasteiger charge is 2.14. The van der Waals surface area contributed by atoms with E-state index in [9.17, 15) is 9.59 Å². The van der Waals surface area contributed by atoms with Crippen LogP contribution >= 0.6 is 23.6 Å². The lowest BCUT2D eigenvalue weighted by Crippen LogP contribution is -2.48. The van der Waals surface area contributed by atoms with E-state index >= 15 is 0 Å². The number of hydrazine groups is 1. The highest BCUT2D eigenvalue weighted by molar-refractivity contribution is 7.80. The molecule has 2 aromatic rings. The van der Waals surface area contributed by atoms with Gasteiger partial charge in [-0.1, -0.05) is 32.0 Å². The van der Waals surface area contributed by atoms with Gasteiger partial charge in [-0.15, -0.1) is 11.3 Å². The Labute approximate surface area is 155 Å². The second-order valence-electron chi connectivity index (χ2n) is 5.54. The van der Waals surface area contributed by atoms with E-state index in [1.807, 2.05) is 13.8 Å². The number of amides is 2. The monoisotopic (exact) mass is 377 g/mol. The van der Waals surface area contributed by atoms with Crippen LogP contribution in [-0.4, -0.2) is 23.5 Å². The Morgan fingerprint density at radius 3 is 2.56 bits per heavy atom. The first-order valence-corrected chi connectivity index (χ1v) is 8.93. The summed E-state index contributed by atoms with van der Waals surface area (Å²) in [7, 11) is 0. The van der Waals surface area contributed by atoms with E-state index in [2.05, 4.69) is 16.2 Å². The van der Waals surface area contributed by atoms with Gasteiger partial charge in [0.05, 0.1) is 17.0 Å². The molecule has 2 amide bonds. The van der Waals surface area contributed by atoms with E-state index in [-0.39, 0.29) is 11.0 Å². The van der Waals surface area contributed by atoms with Gasteiger partial charge < -0.3 is 4.74 Å². The van der Waals surface area contributed by atoms with Crippen LogP contribution in [0.1, 0.15) is 33.9 Å². The number of carbonyl (C=O) groups is 2. The smallest absolute Gasteiger partial charge is 0.279 e. The number of thiocarbonyl (C=S) groups is 1. The Hall–Kier alpha value is -2.45. The molecule has 6 nitrogen and oxygen atoms in total. The van der Waals surface area contributed by atoms with E-state index in [0.29, 0.717) is 28.7 Å². The lowest BCUT2D eigenvalue weighted by atomic mass is 10.2. The number of rotatable bonds is 5. The van der Waals surface area contributed by atoms with Crippen LogP contribution in [0, 0.1) is 5.92 Å². The molecule has 0 unspecified atom stereocenters. The highest BCUT2D eigenvalue weighted by atomic mass is 32.1. The Kier molecular flexibility index (Phi) is 6.91. The van der Waals surface area contributed by atoms with Gasteiger partial charge in [-0.05, 0) is 41.7 Å². The lowest BCUT2D eigenvalue weighted by molar-refractivity contribution is 0.0936. The van der Waals surface area contributed by atoms with Crippen LogP contribution in [-0.2, 0) is 0 Å². The molecule has 0 saturated carbocycles. The number of carbonyl (C=O) groups excluding carboxylic acids is 2. The first-order chi connectivity index (χ1) is 12.0. The predicted molar refractivity (Wildman–Crippen MR) is 102 cm³/mol. The number of thiophene rings is 1. The molecular formula is C17H19N3O3S2. The van der Waals surface area contributed by atoms with Crippen LogP contribution in [0.5, 0.6) is 5.75 Å². The predicted octanol–water partition coefficient (Wildman–Crippen LogP) is 2.73. The highest BCUT2D eigenvalue weighted by Crippen LogP contribution is 2.18. The van der Waals surface area contributed by atoms with Crippen LogP contribution in [0.15, 0.2) is 41.8 Å². The van der Waals surface area contributed by atoms with E-state index in [0.717, 1.165) is 0 Å². The fourth-order valence-corrected chi connectivity index (χ4v) is 2.58. The van der Waals surface area contributed by atoms with Gasteiger partial charge in [0.1, 0.15) is 5.75 Å². The van der Waals surface area contributed by atoms with Crippen LogP contribution in [0.4, 0.5) is 0 Å². The standard InChI is InChI=1S/C17H19N3O3S2/c1-11(2)10-23-13-7-4-3-6-12(13)15(21)18-17(24)20-19-16(22)14-8-5-9-25-14/h3-9,11H,10H2,1-2H3,(H,19,22)(H2,18,20,21,24). The van der Waals surface area contributed by atoms with E-state index in [1.165, 1.54) is 11.3 Å². The summed E-state index contributed by atoms with van der Waals surface area (Å²) in [6, 6.07) is 10.4. The minimum absolute atomic E-state index is 0.00595. The maximum Gasteiger partial charge on any atom is 0.279 e. The van der Waals surface area contributed by atoms with Crippen molar-refractivity contribution in [1.29, 1.82) is 0 Å². The number of benzene rings is 1.